The van der Waals surface area contributed by atoms with E-state index in [4.69, 9.17) is 21.7 Å². The molecule has 4 nitrogen and oxygen atoms in total. The van der Waals surface area contributed by atoms with Gasteiger partial charge in [-0.2, -0.15) is 0 Å². The van der Waals surface area contributed by atoms with Crippen LogP contribution in [0.15, 0.2) is 23.6 Å². The van der Waals surface area contributed by atoms with Crippen LogP contribution in [-0.4, -0.2) is 28.6 Å². The summed E-state index contributed by atoms with van der Waals surface area (Å²) in [6, 6.07) is 6.32. The zero-order valence-electron chi connectivity index (χ0n) is 14.1. The lowest BCUT2D eigenvalue weighted by Gasteiger charge is -2.28. The minimum atomic E-state index is -0.761. The Morgan fingerprint density at radius 3 is 2.76 bits per heavy atom. The second-order valence-electron chi connectivity index (χ2n) is 6.25. The van der Waals surface area contributed by atoms with Crippen molar-refractivity contribution in [2.24, 2.45) is 0 Å². The highest BCUT2D eigenvalue weighted by atomic mass is 35.5. The van der Waals surface area contributed by atoms with Gasteiger partial charge in [0.2, 0.25) is 0 Å². The molecule has 3 rings (SSSR count). The third kappa shape index (κ3) is 4.87. The maximum absolute atomic E-state index is 11.0. The zero-order chi connectivity index (χ0) is 17.1. The standard InChI is InChI=1S/C18H21ClN2O2S.ClH/c1-12-10-13(6-7-15(12)19)16-11-24-18(20-16)21(9-8-17(22)23)14-4-2-3-5-14;/h6-7,10-11,14H,2-5,8-9H2,1H3,(H,22,23);1H. The molecule has 0 aliphatic heterocycles. The summed E-state index contributed by atoms with van der Waals surface area (Å²) in [5.41, 5.74) is 3.00. The number of benzene rings is 1. The van der Waals surface area contributed by atoms with Crippen molar-refractivity contribution in [1.29, 1.82) is 0 Å². The van der Waals surface area contributed by atoms with Gasteiger partial charge in [-0.25, -0.2) is 4.98 Å². The summed E-state index contributed by atoms with van der Waals surface area (Å²) in [6.07, 6.45) is 4.81. The molecule has 1 aromatic carbocycles. The van der Waals surface area contributed by atoms with Crippen molar-refractivity contribution in [3.8, 4) is 11.3 Å². The molecule has 2 aromatic rings. The van der Waals surface area contributed by atoms with E-state index in [9.17, 15) is 4.79 Å². The van der Waals surface area contributed by atoms with E-state index >= 15 is 0 Å². The molecule has 1 saturated carbocycles. The number of aryl methyl sites for hydroxylation is 1. The van der Waals surface area contributed by atoms with Gasteiger partial charge in [-0.3, -0.25) is 4.79 Å². The predicted molar refractivity (Wildman–Crippen MR) is 106 cm³/mol. The average molecular weight is 401 g/mol. The molecular weight excluding hydrogens is 379 g/mol. The summed E-state index contributed by atoms with van der Waals surface area (Å²) >= 11 is 7.69. The van der Waals surface area contributed by atoms with E-state index in [1.807, 2.05) is 30.5 Å². The van der Waals surface area contributed by atoms with Gasteiger partial charge >= 0.3 is 5.97 Å². The molecule has 1 aliphatic rings. The first kappa shape index (κ1) is 20.0. The minimum Gasteiger partial charge on any atom is -0.481 e. The highest BCUT2D eigenvalue weighted by molar-refractivity contribution is 7.14. The molecule has 25 heavy (non-hydrogen) atoms. The van der Waals surface area contributed by atoms with Crippen LogP contribution in [0.1, 0.15) is 37.7 Å². The third-order valence-electron chi connectivity index (χ3n) is 4.52. The van der Waals surface area contributed by atoms with Gasteiger partial charge in [0.15, 0.2) is 5.13 Å². The molecule has 1 aliphatic carbocycles. The Balaban J connectivity index is 0.00000225. The number of aliphatic carboxylic acids is 1. The summed E-state index contributed by atoms with van der Waals surface area (Å²) in [5.74, 6) is -0.761. The molecule has 0 unspecified atom stereocenters. The quantitative estimate of drug-likeness (QED) is 0.703. The van der Waals surface area contributed by atoms with Crippen LogP contribution in [-0.2, 0) is 4.79 Å². The Hall–Kier alpha value is -1.30. The molecule has 1 N–H and O–H groups in total. The van der Waals surface area contributed by atoms with Crippen molar-refractivity contribution >= 4 is 46.4 Å². The van der Waals surface area contributed by atoms with E-state index in [2.05, 4.69) is 4.90 Å². The smallest absolute Gasteiger partial charge is 0.305 e. The lowest BCUT2D eigenvalue weighted by atomic mass is 10.1. The lowest BCUT2D eigenvalue weighted by molar-refractivity contribution is -0.136. The van der Waals surface area contributed by atoms with Gasteiger partial charge in [-0.05, 0) is 37.5 Å². The fourth-order valence-corrected chi connectivity index (χ4v) is 4.25. The van der Waals surface area contributed by atoms with E-state index < -0.39 is 5.97 Å². The molecule has 136 valence electrons. The number of aromatic nitrogens is 1. The van der Waals surface area contributed by atoms with Gasteiger partial charge in [0, 0.05) is 28.6 Å². The molecule has 0 bridgehead atoms. The van der Waals surface area contributed by atoms with Crippen molar-refractivity contribution < 1.29 is 9.90 Å². The van der Waals surface area contributed by atoms with Crippen molar-refractivity contribution in [3.63, 3.8) is 0 Å². The predicted octanol–water partition coefficient (Wildman–Crippen LogP) is 5.42. The van der Waals surface area contributed by atoms with Crippen molar-refractivity contribution in [3.05, 3.63) is 34.2 Å². The SMILES string of the molecule is Cc1cc(-c2csc(N(CCC(=O)O)C3CCCC3)n2)ccc1Cl.Cl. The Morgan fingerprint density at radius 1 is 1.40 bits per heavy atom. The first-order valence-electron chi connectivity index (χ1n) is 8.25. The number of carboxylic acids is 1. The van der Waals surface area contributed by atoms with Crippen molar-refractivity contribution in [2.45, 2.75) is 45.1 Å². The fourth-order valence-electron chi connectivity index (χ4n) is 3.20. The van der Waals surface area contributed by atoms with Crippen LogP contribution in [0, 0.1) is 6.92 Å². The first-order chi connectivity index (χ1) is 11.5. The molecule has 0 atom stereocenters. The molecule has 7 heteroatoms. The maximum Gasteiger partial charge on any atom is 0.305 e. The van der Waals surface area contributed by atoms with Gasteiger partial charge in [0.1, 0.15) is 0 Å². The van der Waals surface area contributed by atoms with E-state index in [1.165, 1.54) is 12.8 Å². The monoisotopic (exact) mass is 400 g/mol. The largest absolute Gasteiger partial charge is 0.481 e. The fraction of sp³-hybridized carbons (Fsp3) is 0.444. The Labute approximate surface area is 163 Å². The molecular formula is C18H22Cl2N2O2S. The number of nitrogens with zero attached hydrogens (tertiary/aromatic N) is 2. The van der Waals surface area contributed by atoms with Gasteiger partial charge < -0.3 is 10.0 Å². The Kier molecular flexibility index (Phi) is 7.11. The maximum atomic E-state index is 11.0. The zero-order valence-corrected chi connectivity index (χ0v) is 16.5. The van der Waals surface area contributed by atoms with Gasteiger partial charge in [-0.15, -0.1) is 23.7 Å². The summed E-state index contributed by atoms with van der Waals surface area (Å²) in [5, 5.41) is 12.8. The van der Waals surface area contributed by atoms with Crippen LogP contribution in [0.5, 0.6) is 0 Å². The van der Waals surface area contributed by atoms with Crippen LogP contribution in [0.4, 0.5) is 5.13 Å². The lowest BCUT2D eigenvalue weighted by Crippen LogP contribution is -2.35. The van der Waals surface area contributed by atoms with Crippen LogP contribution >= 0.6 is 35.3 Å². The first-order valence-corrected chi connectivity index (χ1v) is 9.51. The molecule has 1 aromatic heterocycles. The average Bonchev–Trinajstić information content (AvgIpc) is 3.22. The number of halogens is 2. The summed E-state index contributed by atoms with van der Waals surface area (Å²) < 4.78 is 0. The number of thiazole rings is 1. The summed E-state index contributed by atoms with van der Waals surface area (Å²) in [6.45, 7) is 2.50. The van der Waals surface area contributed by atoms with E-state index in [1.54, 1.807) is 11.3 Å². The van der Waals surface area contributed by atoms with E-state index in [0.717, 1.165) is 39.8 Å². The number of anilines is 1. The van der Waals surface area contributed by atoms with Crippen LogP contribution < -0.4 is 4.90 Å². The highest BCUT2D eigenvalue weighted by Gasteiger charge is 2.25. The number of hydrogen-bond donors (Lipinski definition) is 1. The molecule has 0 saturated heterocycles. The van der Waals surface area contributed by atoms with Gasteiger partial charge in [0.25, 0.3) is 0 Å². The molecule has 0 amide bonds. The molecule has 1 heterocycles. The highest BCUT2D eigenvalue weighted by Crippen LogP contribution is 2.34. The second kappa shape index (κ2) is 8.88. The van der Waals surface area contributed by atoms with E-state index in [0.29, 0.717) is 12.6 Å². The molecule has 0 spiro atoms. The van der Waals surface area contributed by atoms with Crippen LogP contribution in [0.2, 0.25) is 5.02 Å². The number of rotatable bonds is 6. The molecule has 1 fully saturated rings. The Morgan fingerprint density at radius 2 is 2.12 bits per heavy atom. The van der Waals surface area contributed by atoms with Crippen LogP contribution in [0.25, 0.3) is 11.3 Å². The Bertz CT molecular complexity index is 730. The number of carboxylic acid groups (broad SMARTS) is 1. The summed E-state index contributed by atoms with van der Waals surface area (Å²) in [7, 11) is 0. The summed E-state index contributed by atoms with van der Waals surface area (Å²) in [4.78, 5) is 18.0. The second-order valence-corrected chi connectivity index (χ2v) is 7.50. The third-order valence-corrected chi connectivity index (χ3v) is 5.83. The van der Waals surface area contributed by atoms with Gasteiger partial charge in [0.05, 0.1) is 12.1 Å². The number of hydrogen-bond acceptors (Lipinski definition) is 4. The molecule has 0 radical (unpaired) electrons. The topological polar surface area (TPSA) is 53.4 Å². The van der Waals surface area contributed by atoms with Crippen molar-refractivity contribution in [2.75, 3.05) is 11.4 Å². The van der Waals surface area contributed by atoms with E-state index in [-0.39, 0.29) is 18.8 Å². The normalized spacial score (nSPS) is 14.3. The number of carbonyl (C=O) groups is 1. The van der Waals surface area contributed by atoms with Crippen LogP contribution in [0.3, 0.4) is 0 Å². The van der Waals surface area contributed by atoms with Gasteiger partial charge in [-0.1, -0.05) is 30.5 Å². The minimum absolute atomic E-state index is 0. The van der Waals surface area contributed by atoms with Crippen molar-refractivity contribution in [1.82, 2.24) is 4.98 Å².